The van der Waals surface area contributed by atoms with E-state index in [-0.39, 0.29) is 12.5 Å². The normalized spacial score (nSPS) is 14.9. The van der Waals surface area contributed by atoms with Crippen molar-refractivity contribution in [1.29, 1.82) is 0 Å². The van der Waals surface area contributed by atoms with Crippen LogP contribution in [0.5, 0.6) is 5.75 Å². The molecule has 138 valence electrons. The number of carbonyl (C=O) groups excluding carboxylic acids is 1. The van der Waals surface area contributed by atoms with Crippen LogP contribution in [0.25, 0.3) is 0 Å². The molecule has 26 heavy (non-hydrogen) atoms. The van der Waals surface area contributed by atoms with E-state index in [1.54, 1.807) is 17.4 Å². The van der Waals surface area contributed by atoms with Gasteiger partial charge >= 0.3 is 5.97 Å². The van der Waals surface area contributed by atoms with Crippen LogP contribution in [0.3, 0.4) is 0 Å². The molecule has 2 heterocycles. The smallest absolute Gasteiger partial charge is 0.317 e. The zero-order valence-corrected chi connectivity index (χ0v) is 15.2. The summed E-state index contributed by atoms with van der Waals surface area (Å²) in [4.78, 5) is 31.3. The second-order valence-corrected chi connectivity index (χ2v) is 6.68. The number of hydrogen-bond acceptors (Lipinski definition) is 7. The molecule has 1 aromatic carbocycles. The van der Waals surface area contributed by atoms with E-state index >= 15 is 0 Å². The standard InChI is InChI=1S/C17H20N4O4S/c1-25-14-5-3-2-4-12(14)18-17-19-13(11-26-17)16(24)21-8-6-20(7-9-21)10-15(22)23/h2-5,11H,6-10H2,1H3,(H,18,19)(H,22,23). The largest absolute Gasteiger partial charge is 0.495 e. The molecule has 1 saturated heterocycles. The predicted molar refractivity (Wildman–Crippen MR) is 98.4 cm³/mol. The molecule has 8 nitrogen and oxygen atoms in total. The fourth-order valence-corrected chi connectivity index (χ4v) is 3.45. The SMILES string of the molecule is COc1ccccc1Nc1nc(C(=O)N2CCN(CC(=O)O)CC2)cs1. The van der Waals surface area contributed by atoms with Gasteiger partial charge in [-0.15, -0.1) is 11.3 Å². The highest BCUT2D eigenvalue weighted by atomic mass is 32.1. The summed E-state index contributed by atoms with van der Waals surface area (Å²) in [5, 5.41) is 14.3. The number of benzene rings is 1. The molecule has 1 aromatic heterocycles. The number of hydrogen-bond donors (Lipinski definition) is 2. The summed E-state index contributed by atoms with van der Waals surface area (Å²) in [5.41, 5.74) is 1.17. The lowest BCUT2D eigenvalue weighted by Gasteiger charge is -2.33. The van der Waals surface area contributed by atoms with Crippen LogP contribution in [0.1, 0.15) is 10.5 Å². The minimum atomic E-state index is -0.851. The number of anilines is 2. The second-order valence-electron chi connectivity index (χ2n) is 5.83. The number of thiazole rings is 1. The number of ether oxygens (including phenoxy) is 1. The number of rotatable bonds is 6. The number of methoxy groups -OCH3 is 1. The first-order valence-corrected chi connectivity index (χ1v) is 9.04. The molecule has 0 saturated carbocycles. The van der Waals surface area contributed by atoms with Gasteiger partial charge in [0, 0.05) is 31.6 Å². The minimum absolute atomic E-state index is 0.00566. The molecule has 1 fully saturated rings. The third-order valence-electron chi connectivity index (χ3n) is 4.09. The number of para-hydroxylation sites is 2. The summed E-state index contributed by atoms with van der Waals surface area (Å²) in [6, 6.07) is 7.49. The summed E-state index contributed by atoms with van der Waals surface area (Å²) < 4.78 is 5.30. The van der Waals surface area contributed by atoms with Crippen molar-refractivity contribution in [2.45, 2.75) is 0 Å². The van der Waals surface area contributed by atoms with Crippen LogP contribution in [0.2, 0.25) is 0 Å². The Bertz CT molecular complexity index is 787. The zero-order valence-electron chi connectivity index (χ0n) is 14.3. The zero-order chi connectivity index (χ0) is 18.5. The van der Waals surface area contributed by atoms with Crippen LogP contribution in [-0.2, 0) is 4.79 Å². The number of piperazine rings is 1. The highest BCUT2D eigenvalue weighted by Gasteiger charge is 2.24. The molecule has 1 amide bonds. The number of aromatic nitrogens is 1. The number of carbonyl (C=O) groups is 2. The van der Waals surface area contributed by atoms with Crippen molar-refractivity contribution >= 4 is 34.0 Å². The molecule has 0 aliphatic carbocycles. The first kappa shape index (κ1) is 18.2. The number of aliphatic carboxylic acids is 1. The van der Waals surface area contributed by atoms with E-state index < -0.39 is 5.97 Å². The van der Waals surface area contributed by atoms with E-state index in [2.05, 4.69) is 10.3 Å². The van der Waals surface area contributed by atoms with Crippen LogP contribution >= 0.6 is 11.3 Å². The molecule has 0 atom stereocenters. The lowest BCUT2D eigenvalue weighted by Crippen LogP contribution is -2.49. The number of nitrogens with zero attached hydrogens (tertiary/aromatic N) is 3. The topological polar surface area (TPSA) is 95.0 Å². The molecule has 0 radical (unpaired) electrons. The summed E-state index contributed by atoms with van der Waals surface area (Å²) in [6.45, 7) is 2.10. The van der Waals surface area contributed by atoms with E-state index in [1.165, 1.54) is 11.3 Å². The van der Waals surface area contributed by atoms with E-state index in [0.29, 0.717) is 42.8 Å². The van der Waals surface area contributed by atoms with Crippen LogP contribution in [0, 0.1) is 0 Å². The monoisotopic (exact) mass is 376 g/mol. The Morgan fingerprint density at radius 2 is 2.00 bits per heavy atom. The van der Waals surface area contributed by atoms with E-state index in [4.69, 9.17) is 9.84 Å². The lowest BCUT2D eigenvalue weighted by atomic mass is 10.3. The number of amides is 1. The Kier molecular flexibility index (Phi) is 5.69. The lowest BCUT2D eigenvalue weighted by molar-refractivity contribution is -0.138. The van der Waals surface area contributed by atoms with Gasteiger partial charge in [-0.05, 0) is 12.1 Å². The summed E-state index contributed by atoms with van der Waals surface area (Å²) >= 11 is 1.35. The van der Waals surface area contributed by atoms with Gasteiger partial charge in [0.25, 0.3) is 5.91 Å². The number of carboxylic acid groups (broad SMARTS) is 1. The van der Waals surface area contributed by atoms with Gasteiger partial charge in [0.05, 0.1) is 19.3 Å². The van der Waals surface area contributed by atoms with Gasteiger partial charge in [0.15, 0.2) is 5.13 Å². The Morgan fingerprint density at radius 3 is 2.69 bits per heavy atom. The molecular weight excluding hydrogens is 356 g/mol. The van der Waals surface area contributed by atoms with Crippen molar-refractivity contribution in [2.24, 2.45) is 0 Å². The molecule has 1 aliphatic heterocycles. The fourth-order valence-electron chi connectivity index (χ4n) is 2.75. The van der Waals surface area contributed by atoms with Crippen LogP contribution in [-0.4, -0.2) is 71.6 Å². The summed E-state index contributed by atoms with van der Waals surface area (Å²) in [7, 11) is 1.60. The Hall–Kier alpha value is -2.65. The number of nitrogens with one attached hydrogen (secondary N) is 1. The van der Waals surface area contributed by atoms with Crippen LogP contribution in [0.4, 0.5) is 10.8 Å². The van der Waals surface area contributed by atoms with E-state index in [9.17, 15) is 9.59 Å². The first-order chi connectivity index (χ1) is 12.6. The molecule has 0 spiro atoms. The molecule has 2 aromatic rings. The molecule has 0 unspecified atom stereocenters. The van der Waals surface area contributed by atoms with Crippen molar-refractivity contribution in [1.82, 2.24) is 14.8 Å². The van der Waals surface area contributed by atoms with Gasteiger partial charge in [0.1, 0.15) is 11.4 Å². The Labute approximate surface area is 155 Å². The van der Waals surface area contributed by atoms with E-state index in [0.717, 1.165) is 5.69 Å². The van der Waals surface area contributed by atoms with Crippen molar-refractivity contribution in [3.8, 4) is 5.75 Å². The average Bonchev–Trinajstić information content (AvgIpc) is 3.10. The van der Waals surface area contributed by atoms with Gasteiger partial charge in [-0.3, -0.25) is 14.5 Å². The quantitative estimate of drug-likeness (QED) is 0.793. The maximum atomic E-state index is 12.6. The third-order valence-corrected chi connectivity index (χ3v) is 4.85. The first-order valence-electron chi connectivity index (χ1n) is 8.16. The van der Waals surface area contributed by atoms with E-state index in [1.807, 2.05) is 29.2 Å². The molecule has 0 bridgehead atoms. The molecule has 3 rings (SSSR count). The van der Waals surface area contributed by atoms with Crippen molar-refractivity contribution < 1.29 is 19.4 Å². The van der Waals surface area contributed by atoms with Gasteiger partial charge in [-0.1, -0.05) is 12.1 Å². The Balaban J connectivity index is 1.61. The summed E-state index contributed by atoms with van der Waals surface area (Å²) in [6.07, 6.45) is 0. The second kappa shape index (κ2) is 8.15. The highest BCUT2D eigenvalue weighted by molar-refractivity contribution is 7.14. The van der Waals surface area contributed by atoms with Crippen molar-refractivity contribution in [2.75, 3.05) is 45.2 Å². The van der Waals surface area contributed by atoms with Gasteiger partial charge in [0.2, 0.25) is 0 Å². The fraction of sp³-hybridized carbons (Fsp3) is 0.353. The van der Waals surface area contributed by atoms with Gasteiger partial charge in [-0.2, -0.15) is 0 Å². The maximum Gasteiger partial charge on any atom is 0.317 e. The highest BCUT2D eigenvalue weighted by Crippen LogP contribution is 2.28. The van der Waals surface area contributed by atoms with Crippen molar-refractivity contribution in [3.05, 3.63) is 35.3 Å². The molecule has 9 heteroatoms. The molecule has 2 N–H and O–H groups in total. The van der Waals surface area contributed by atoms with Crippen LogP contribution in [0.15, 0.2) is 29.6 Å². The minimum Gasteiger partial charge on any atom is -0.495 e. The molecular formula is C17H20N4O4S. The van der Waals surface area contributed by atoms with Gasteiger partial charge in [-0.25, -0.2) is 4.98 Å². The van der Waals surface area contributed by atoms with Gasteiger partial charge < -0.3 is 20.1 Å². The maximum absolute atomic E-state index is 12.6. The summed E-state index contributed by atoms with van der Waals surface area (Å²) in [5.74, 6) is -0.286. The Morgan fingerprint density at radius 1 is 1.27 bits per heavy atom. The average molecular weight is 376 g/mol. The molecule has 1 aliphatic rings. The predicted octanol–water partition coefficient (Wildman–Crippen LogP) is 1.74. The third kappa shape index (κ3) is 4.30. The van der Waals surface area contributed by atoms with Crippen molar-refractivity contribution in [3.63, 3.8) is 0 Å². The van der Waals surface area contributed by atoms with Crippen LogP contribution < -0.4 is 10.1 Å². The number of carboxylic acids is 1.